The third-order valence-electron chi connectivity index (χ3n) is 4.72. The molecular weight excluding hydrogens is 302 g/mol. The lowest BCUT2D eigenvalue weighted by molar-refractivity contribution is 0.138. The molecule has 1 saturated heterocycles. The van der Waals surface area contributed by atoms with Crippen LogP contribution in [0.3, 0.4) is 0 Å². The Morgan fingerprint density at radius 3 is 2.79 bits per heavy atom. The van der Waals surface area contributed by atoms with Crippen molar-refractivity contribution in [2.45, 2.75) is 26.3 Å². The second-order valence-corrected chi connectivity index (χ2v) is 6.47. The Bertz CT molecular complexity index is 633. The zero-order valence-electron chi connectivity index (χ0n) is 14.9. The number of ether oxygens (including phenoxy) is 1. The van der Waals surface area contributed by atoms with Crippen molar-refractivity contribution in [2.75, 3.05) is 53.0 Å². The van der Waals surface area contributed by atoms with Crippen molar-refractivity contribution in [3.8, 4) is 0 Å². The van der Waals surface area contributed by atoms with Crippen LogP contribution in [0.1, 0.15) is 19.2 Å². The lowest BCUT2D eigenvalue weighted by Crippen LogP contribution is -2.44. The maximum absolute atomic E-state index is 5.53. The van der Waals surface area contributed by atoms with Gasteiger partial charge in [-0.25, -0.2) is 9.97 Å². The van der Waals surface area contributed by atoms with Crippen molar-refractivity contribution in [2.24, 2.45) is 0 Å². The molecule has 0 radical (unpaired) electrons. The van der Waals surface area contributed by atoms with E-state index in [1.54, 1.807) is 0 Å². The van der Waals surface area contributed by atoms with Crippen LogP contribution in [0, 0.1) is 0 Å². The van der Waals surface area contributed by atoms with Crippen molar-refractivity contribution < 1.29 is 4.74 Å². The highest BCUT2D eigenvalue weighted by Gasteiger charge is 2.15. The summed E-state index contributed by atoms with van der Waals surface area (Å²) in [5.74, 6) is 1.14. The molecule has 2 aromatic heterocycles. The summed E-state index contributed by atoms with van der Waals surface area (Å²) in [5, 5.41) is 0. The monoisotopic (exact) mass is 331 g/mol. The Labute approximate surface area is 144 Å². The molecule has 0 aromatic carbocycles. The first kappa shape index (κ1) is 17.3. The molecule has 0 unspecified atom stereocenters. The van der Waals surface area contributed by atoms with Crippen LogP contribution in [0.5, 0.6) is 0 Å². The van der Waals surface area contributed by atoms with Crippen molar-refractivity contribution in [3.05, 3.63) is 24.2 Å². The Kier molecular flexibility index (Phi) is 6.18. The van der Waals surface area contributed by atoms with Gasteiger partial charge in [0.2, 0.25) is 0 Å². The van der Waals surface area contributed by atoms with Gasteiger partial charge in [0, 0.05) is 51.9 Å². The molecule has 0 N–H and O–H groups in total. The van der Waals surface area contributed by atoms with Crippen LogP contribution in [0.25, 0.3) is 11.2 Å². The number of hydrogen-bond acceptors (Lipinski definition) is 5. The van der Waals surface area contributed by atoms with Crippen LogP contribution in [0.15, 0.2) is 18.3 Å². The van der Waals surface area contributed by atoms with E-state index in [-0.39, 0.29) is 0 Å². The van der Waals surface area contributed by atoms with Gasteiger partial charge in [-0.05, 0) is 39.1 Å². The van der Waals surface area contributed by atoms with Crippen LogP contribution in [0.4, 0.5) is 0 Å². The maximum atomic E-state index is 5.53. The molecule has 0 bridgehead atoms. The van der Waals surface area contributed by atoms with Crippen molar-refractivity contribution >= 4 is 11.2 Å². The second-order valence-electron chi connectivity index (χ2n) is 6.47. The number of rotatable bonds is 8. The summed E-state index contributed by atoms with van der Waals surface area (Å²) < 4.78 is 7.76. The number of imidazole rings is 1. The highest BCUT2D eigenvalue weighted by Crippen LogP contribution is 2.15. The van der Waals surface area contributed by atoms with Crippen LogP contribution < -0.4 is 0 Å². The molecule has 0 atom stereocenters. The van der Waals surface area contributed by atoms with Crippen LogP contribution >= 0.6 is 0 Å². The molecule has 0 spiro atoms. The fourth-order valence-corrected chi connectivity index (χ4v) is 3.26. The lowest BCUT2D eigenvalue weighted by Gasteiger charge is -2.32. The molecule has 0 aliphatic carbocycles. The number of aromatic nitrogens is 3. The summed E-state index contributed by atoms with van der Waals surface area (Å²) in [6, 6.07) is 4.00. The molecule has 6 heteroatoms. The molecule has 6 nitrogen and oxygen atoms in total. The number of nitrogens with zero attached hydrogens (tertiary/aromatic N) is 5. The molecule has 1 aliphatic rings. The number of fused-ring (bicyclic) bond motifs is 1. The van der Waals surface area contributed by atoms with Gasteiger partial charge in [0.1, 0.15) is 11.3 Å². The Morgan fingerprint density at radius 2 is 2.00 bits per heavy atom. The number of pyridine rings is 1. The van der Waals surface area contributed by atoms with E-state index < -0.39 is 0 Å². The van der Waals surface area contributed by atoms with Crippen molar-refractivity contribution in [1.29, 1.82) is 0 Å². The number of hydrogen-bond donors (Lipinski definition) is 0. The Morgan fingerprint density at radius 1 is 1.17 bits per heavy atom. The van der Waals surface area contributed by atoms with Crippen LogP contribution in [0.2, 0.25) is 0 Å². The predicted molar refractivity (Wildman–Crippen MR) is 96.3 cm³/mol. The molecule has 0 amide bonds. The lowest BCUT2D eigenvalue weighted by atomic mass is 10.2. The van der Waals surface area contributed by atoms with Gasteiger partial charge in [0.25, 0.3) is 0 Å². The molecule has 1 aliphatic heterocycles. The third kappa shape index (κ3) is 4.32. The zero-order chi connectivity index (χ0) is 16.8. The SMILES string of the molecule is CCOCCn1c(CCCN2CCN(C)CC2)nc2cccnc21. The first-order valence-corrected chi connectivity index (χ1v) is 9.06. The molecule has 0 saturated carbocycles. The first-order chi connectivity index (χ1) is 11.8. The predicted octanol–water partition coefficient (Wildman–Crippen LogP) is 1.65. The minimum absolute atomic E-state index is 0.712. The van der Waals surface area contributed by atoms with Crippen molar-refractivity contribution in [3.63, 3.8) is 0 Å². The van der Waals surface area contributed by atoms with E-state index in [0.717, 1.165) is 49.5 Å². The van der Waals surface area contributed by atoms with Gasteiger partial charge < -0.3 is 19.1 Å². The average Bonchev–Trinajstić information content (AvgIpc) is 2.95. The Hall–Kier alpha value is -1.50. The van der Waals surface area contributed by atoms with Crippen LogP contribution in [-0.4, -0.2) is 77.3 Å². The molecule has 132 valence electrons. The fraction of sp³-hybridized carbons (Fsp3) is 0.667. The average molecular weight is 331 g/mol. The molecule has 2 aromatic rings. The summed E-state index contributed by atoms with van der Waals surface area (Å²) >= 11 is 0. The highest BCUT2D eigenvalue weighted by atomic mass is 16.5. The fourth-order valence-electron chi connectivity index (χ4n) is 3.26. The maximum Gasteiger partial charge on any atom is 0.160 e. The van der Waals surface area contributed by atoms with E-state index in [2.05, 4.69) is 26.4 Å². The molecule has 24 heavy (non-hydrogen) atoms. The number of likely N-dealkylation sites (N-methyl/N-ethyl adjacent to an activating group) is 1. The van der Waals surface area contributed by atoms with E-state index in [9.17, 15) is 0 Å². The number of aryl methyl sites for hydroxylation is 1. The van der Waals surface area contributed by atoms with E-state index in [1.807, 2.05) is 25.3 Å². The normalized spacial score (nSPS) is 16.9. The van der Waals surface area contributed by atoms with E-state index in [1.165, 1.54) is 26.2 Å². The minimum Gasteiger partial charge on any atom is -0.380 e. The first-order valence-electron chi connectivity index (χ1n) is 9.06. The van der Waals surface area contributed by atoms with Gasteiger partial charge in [0.15, 0.2) is 5.65 Å². The smallest absolute Gasteiger partial charge is 0.160 e. The molecule has 3 rings (SSSR count). The third-order valence-corrected chi connectivity index (χ3v) is 4.72. The highest BCUT2D eigenvalue weighted by molar-refractivity contribution is 5.71. The molecule has 1 fully saturated rings. The number of piperazine rings is 1. The standard InChI is InChI=1S/C18H29N5O/c1-3-24-15-14-23-17(20-16-6-4-8-19-18(16)23)7-5-9-22-12-10-21(2)11-13-22/h4,6,8H,3,5,7,9-15H2,1-2H3. The molecular formula is C18H29N5O. The van der Waals surface area contributed by atoms with Crippen molar-refractivity contribution in [1.82, 2.24) is 24.3 Å². The van der Waals surface area contributed by atoms with E-state index in [0.29, 0.717) is 6.61 Å². The van der Waals surface area contributed by atoms with Gasteiger partial charge in [-0.2, -0.15) is 0 Å². The van der Waals surface area contributed by atoms with Gasteiger partial charge >= 0.3 is 0 Å². The molecule has 3 heterocycles. The van der Waals surface area contributed by atoms with Gasteiger partial charge in [-0.15, -0.1) is 0 Å². The summed E-state index contributed by atoms with van der Waals surface area (Å²) in [4.78, 5) is 14.3. The Balaban J connectivity index is 1.61. The van der Waals surface area contributed by atoms with Crippen LogP contribution in [-0.2, 0) is 17.7 Å². The van der Waals surface area contributed by atoms with Gasteiger partial charge in [0.05, 0.1) is 6.61 Å². The largest absolute Gasteiger partial charge is 0.380 e. The summed E-state index contributed by atoms with van der Waals surface area (Å²) in [6.45, 7) is 10.2. The quantitative estimate of drug-likeness (QED) is 0.688. The zero-order valence-corrected chi connectivity index (χ0v) is 14.9. The topological polar surface area (TPSA) is 46.4 Å². The second kappa shape index (κ2) is 8.55. The van der Waals surface area contributed by atoms with E-state index in [4.69, 9.17) is 9.72 Å². The minimum atomic E-state index is 0.712. The summed E-state index contributed by atoms with van der Waals surface area (Å²) in [5.41, 5.74) is 1.97. The summed E-state index contributed by atoms with van der Waals surface area (Å²) in [6.07, 6.45) is 3.98. The van der Waals surface area contributed by atoms with Gasteiger partial charge in [-0.3, -0.25) is 0 Å². The van der Waals surface area contributed by atoms with E-state index >= 15 is 0 Å². The summed E-state index contributed by atoms with van der Waals surface area (Å²) in [7, 11) is 2.20. The van der Waals surface area contributed by atoms with Gasteiger partial charge in [-0.1, -0.05) is 0 Å².